The van der Waals surface area contributed by atoms with Gasteiger partial charge in [0.05, 0.1) is 6.54 Å². The van der Waals surface area contributed by atoms with Crippen molar-refractivity contribution in [3.63, 3.8) is 0 Å². The predicted octanol–water partition coefficient (Wildman–Crippen LogP) is 3.21. The van der Waals surface area contributed by atoms with E-state index in [2.05, 4.69) is 0 Å². The molecule has 30 heavy (non-hydrogen) atoms. The van der Waals surface area contributed by atoms with Gasteiger partial charge >= 0.3 is 0 Å². The molecule has 0 radical (unpaired) electrons. The average Bonchev–Trinajstić information content (AvgIpc) is 3.27. The van der Waals surface area contributed by atoms with Gasteiger partial charge in [0.1, 0.15) is 11.4 Å². The molecule has 2 aromatic carbocycles. The van der Waals surface area contributed by atoms with Crippen molar-refractivity contribution < 1.29 is 19.1 Å². The second-order valence-corrected chi connectivity index (χ2v) is 7.31. The number of hydrogen-bond acceptors (Lipinski definition) is 4. The Hall–Kier alpha value is -3.29. The molecule has 1 aliphatic heterocycles. The number of halogens is 1. The Kier molecular flexibility index (Phi) is 5.48. The van der Waals surface area contributed by atoms with Crippen LogP contribution in [0.25, 0.3) is 0 Å². The van der Waals surface area contributed by atoms with Crippen LogP contribution in [0.5, 0.6) is 0 Å². The molecule has 6 nitrogen and oxygen atoms in total. The number of pyridine rings is 1. The number of hydrogen-bond donors (Lipinski definition) is 2. The summed E-state index contributed by atoms with van der Waals surface area (Å²) in [5.41, 5.74) is 3.40. The molecule has 1 aliphatic rings. The zero-order valence-corrected chi connectivity index (χ0v) is 16.2. The Balaban J connectivity index is 1.61. The van der Waals surface area contributed by atoms with Crippen molar-refractivity contribution >= 4 is 5.91 Å². The molecular formula is C23H21FN2O4. The lowest BCUT2D eigenvalue weighted by Gasteiger charge is -2.29. The largest absolute Gasteiger partial charge is 0.366 e. The van der Waals surface area contributed by atoms with Crippen molar-refractivity contribution in [2.24, 2.45) is 0 Å². The molecule has 2 N–H and O–H groups in total. The zero-order valence-electron chi connectivity index (χ0n) is 16.2. The number of carbonyl (C=O) groups excluding carboxylic acids is 1. The molecule has 0 unspecified atom stereocenters. The number of rotatable bonds is 5. The number of nitrogens with zero attached hydrogens (tertiary/aromatic N) is 1. The van der Waals surface area contributed by atoms with Crippen molar-refractivity contribution in [3.8, 4) is 0 Å². The third kappa shape index (κ3) is 3.77. The number of benzene rings is 2. The van der Waals surface area contributed by atoms with E-state index in [9.17, 15) is 14.0 Å². The van der Waals surface area contributed by atoms with E-state index in [1.807, 2.05) is 6.07 Å². The molecular weight excluding hydrogens is 387 g/mol. The topological polar surface area (TPSA) is 80.6 Å². The van der Waals surface area contributed by atoms with Crippen LogP contribution < -0.4 is 11.0 Å². The number of aromatic nitrogens is 1. The van der Waals surface area contributed by atoms with E-state index >= 15 is 0 Å². The van der Waals surface area contributed by atoms with E-state index in [1.165, 1.54) is 12.1 Å². The predicted molar refractivity (Wildman–Crippen MR) is 108 cm³/mol. The molecule has 0 saturated carbocycles. The SMILES string of the molecule is O=C(NO)c1ccc(Cn2ccc([C@@]3(c4ccc(F)cc4)CCCO3)cc2=O)cc1. The maximum Gasteiger partial charge on any atom is 0.274 e. The van der Waals surface area contributed by atoms with Gasteiger partial charge in [-0.25, -0.2) is 9.87 Å². The summed E-state index contributed by atoms with van der Waals surface area (Å²) in [6.07, 6.45) is 3.30. The number of nitrogens with one attached hydrogen (secondary N) is 1. The van der Waals surface area contributed by atoms with Crippen LogP contribution in [0, 0.1) is 5.82 Å². The van der Waals surface area contributed by atoms with Crippen molar-refractivity contribution in [2.45, 2.75) is 25.0 Å². The third-order valence-corrected chi connectivity index (χ3v) is 5.47. The van der Waals surface area contributed by atoms with Crippen LogP contribution in [-0.4, -0.2) is 22.3 Å². The van der Waals surface area contributed by atoms with Crippen LogP contribution in [0.15, 0.2) is 71.7 Å². The molecule has 7 heteroatoms. The summed E-state index contributed by atoms with van der Waals surface area (Å²) >= 11 is 0. The van der Waals surface area contributed by atoms with Crippen LogP contribution in [0.1, 0.15) is 39.9 Å². The van der Waals surface area contributed by atoms with Crippen LogP contribution in [0.3, 0.4) is 0 Å². The maximum atomic E-state index is 13.4. The first-order valence-corrected chi connectivity index (χ1v) is 9.66. The first-order chi connectivity index (χ1) is 14.5. The average molecular weight is 408 g/mol. The highest BCUT2D eigenvalue weighted by Gasteiger charge is 2.39. The quantitative estimate of drug-likeness (QED) is 0.502. The molecule has 0 spiro atoms. The van der Waals surface area contributed by atoms with Crippen molar-refractivity contribution in [1.29, 1.82) is 0 Å². The minimum Gasteiger partial charge on any atom is -0.366 e. The zero-order chi connectivity index (χ0) is 21.1. The Morgan fingerprint density at radius 2 is 1.83 bits per heavy atom. The van der Waals surface area contributed by atoms with Crippen LogP contribution in [0.2, 0.25) is 0 Å². The van der Waals surface area contributed by atoms with Gasteiger partial charge in [-0.05, 0) is 59.9 Å². The number of carbonyl (C=O) groups is 1. The minimum absolute atomic E-state index is 0.179. The van der Waals surface area contributed by atoms with Crippen LogP contribution in [-0.2, 0) is 16.9 Å². The van der Waals surface area contributed by atoms with Gasteiger partial charge in [0.25, 0.3) is 11.5 Å². The van der Waals surface area contributed by atoms with Gasteiger partial charge in [-0.2, -0.15) is 0 Å². The maximum absolute atomic E-state index is 13.4. The third-order valence-electron chi connectivity index (χ3n) is 5.47. The number of amides is 1. The van der Waals surface area contributed by atoms with Gasteiger partial charge in [-0.15, -0.1) is 0 Å². The lowest BCUT2D eigenvalue weighted by atomic mass is 9.84. The summed E-state index contributed by atoms with van der Waals surface area (Å²) in [4.78, 5) is 24.2. The lowest BCUT2D eigenvalue weighted by Crippen LogP contribution is -2.30. The van der Waals surface area contributed by atoms with Crippen molar-refractivity contribution in [3.05, 3.63) is 105 Å². The van der Waals surface area contributed by atoms with Gasteiger partial charge in [0, 0.05) is 24.4 Å². The lowest BCUT2D eigenvalue weighted by molar-refractivity contribution is 0.0357. The van der Waals surface area contributed by atoms with Crippen LogP contribution in [0.4, 0.5) is 4.39 Å². The molecule has 154 valence electrons. The molecule has 2 heterocycles. The first-order valence-electron chi connectivity index (χ1n) is 9.66. The monoisotopic (exact) mass is 408 g/mol. The molecule has 1 atom stereocenters. The summed E-state index contributed by atoms with van der Waals surface area (Å²) in [7, 11) is 0. The molecule has 0 bridgehead atoms. The van der Waals surface area contributed by atoms with E-state index in [0.717, 1.165) is 29.5 Å². The normalized spacial score (nSPS) is 18.3. The summed E-state index contributed by atoms with van der Waals surface area (Å²) in [6, 6.07) is 16.3. The van der Waals surface area contributed by atoms with E-state index in [1.54, 1.807) is 58.7 Å². The summed E-state index contributed by atoms with van der Waals surface area (Å²) < 4.78 is 21.0. The van der Waals surface area contributed by atoms with E-state index in [-0.39, 0.29) is 11.4 Å². The highest BCUT2D eigenvalue weighted by molar-refractivity contribution is 5.93. The standard InChI is InChI=1S/C23H21FN2O4/c24-20-8-6-18(7-9-20)23(11-1-13-30-23)19-10-12-26(21(27)14-19)15-16-2-4-17(5-3-16)22(28)25-29/h2-10,12,14,29H,1,11,13,15H2,(H,25,28)/t23-/m0/s1. The van der Waals surface area contributed by atoms with Crippen molar-refractivity contribution in [1.82, 2.24) is 10.0 Å². The summed E-state index contributed by atoms with van der Waals surface area (Å²) in [5.74, 6) is -0.907. The molecule has 1 aromatic heterocycles. The van der Waals surface area contributed by atoms with E-state index in [4.69, 9.17) is 9.94 Å². The molecule has 4 rings (SSSR count). The Bertz CT molecular complexity index is 1100. The summed E-state index contributed by atoms with van der Waals surface area (Å²) in [6.45, 7) is 0.915. The highest BCUT2D eigenvalue weighted by Crippen LogP contribution is 2.41. The number of ether oxygens (including phenoxy) is 1. The fraction of sp³-hybridized carbons (Fsp3) is 0.217. The fourth-order valence-corrected chi connectivity index (χ4v) is 3.89. The van der Waals surface area contributed by atoms with Gasteiger partial charge in [-0.3, -0.25) is 14.8 Å². The smallest absolute Gasteiger partial charge is 0.274 e. The Labute approximate surface area is 172 Å². The summed E-state index contributed by atoms with van der Waals surface area (Å²) in [5, 5.41) is 8.69. The molecule has 3 aromatic rings. The first kappa shape index (κ1) is 20.0. The van der Waals surface area contributed by atoms with Gasteiger partial charge in [-0.1, -0.05) is 24.3 Å². The minimum atomic E-state index is -0.745. The fourth-order valence-electron chi connectivity index (χ4n) is 3.89. The van der Waals surface area contributed by atoms with Gasteiger partial charge in [0.15, 0.2) is 0 Å². The number of hydroxylamine groups is 1. The second-order valence-electron chi connectivity index (χ2n) is 7.31. The second kappa shape index (κ2) is 8.22. The van der Waals surface area contributed by atoms with E-state index in [0.29, 0.717) is 18.7 Å². The highest BCUT2D eigenvalue weighted by atomic mass is 19.1. The molecule has 0 aliphatic carbocycles. The van der Waals surface area contributed by atoms with E-state index < -0.39 is 11.5 Å². The Morgan fingerprint density at radius 3 is 2.43 bits per heavy atom. The van der Waals surface area contributed by atoms with Gasteiger partial charge in [0.2, 0.25) is 0 Å². The molecule has 1 amide bonds. The molecule has 1 fully saturated rings. The van der Waals surface area contributed by atoms with Crippen molar-refractivity contribution in [2.75, 3.05) is 6.61 Å². The van der Waals surface area contributed by atoms with Crippen LogP contribution >= 0.6 is 0 Å². The molecule has 1 saturated heterocycles. The van der Waals surface area contributed by atoms with Gasteiger partial charge < -0.3 is 9.30 Å². The Morgan fingerprint density at radius 1 is 1.10 bits per heavy atom.